The zero-order chi connectivity index (χ0) is 14.7. The summed E-state index contributed by atoms with van der Waals surface area (Å²) in [7, 11) is 0. The molecule has 3 rings (SSSR count). The predicted molar refractivity (Wildman–Crippen MR) is 77.4 cm³/mol. The molecule has 0 saturated carbocycles. The summed E-state index contributed by atoms with van der Waals surface area (Å²) < 4.78 is 23.6. The Kier molecular flexibility index (Phi) is 3.69. The first-order valence-electron chi connectivity index (χ1n) is 6.61. The first-order valence-corrected chi connectivity index (χ1v) is 6.61. The Morgan fingerprint density at radius 1 is 1.10 bits per heavy atom. The van der Waals surface area contributed by atoms with Crippen molar-refractivity contribution in [3.63, 3.8) is 0 Å². The normalized spacial score (nSPS) is 10.6. The van der Waals surface area contributed by atoms with Crippen LogP contribution in [0.3, 0.4) is 0 Å². The first kappa shape index (κ1) is 13.4. The Morgan fingerprint density at radius 3 is 2.57 bits per heavy atom. The average Bonchev–Trinajstić information content (AvgIpc) is 3.01. The SMILES string of the molecule is Cc1cc(F)ccc1OCc1ccc(-c2ccon2)cc1. The van der Waals surface area contributed by atoms with E-state index in [1.165, 1.54) is 12.1 Å². The van der Waals surface area contributed by atoms with Gasteiger partial charge in [-0.3, -0.25) is 0 Å². The van der Waals surface area contributed by atoms with Gasteiger partial charge in [0.25, 0.3) is 0 Å². The highest BCUT2D eigenvalue weighted by Gasteiger charge is 2.03. The van der Waals surface area contributed by atoms with Crippen molar-refractivity contribution in [2.24, 2.45) is 0 Å². The zero-order valence-corrected chi connectivity index (χ0v) is 11.5. The fourth-order valence-corrected chi connectivity index (χ4v) is 2.07. The van der Waals surface area contributed by atoms with Gasteiger partial charge in [0, 0.05) is 11.6 Å². The van der Waals surface area contributed by atoms with Gasteiger partial charge >= 0.3 is 0 Å². The van der Waals surface area contributed by atoms with Crippen LogP contribution in [0.2, 0.25) is 0 Å². The maximum Gasteiger partial charge on any atom is 0.124 e. The van der Waals surface area contributed by atoms with Gasteiger partial charge in [-0.1, -0.05) is 29.4 Å². The molecule has 3 nitrogen and oxygen atoms in total. The molecule has 2 aromatic carbocycles. The standard InChI is InChI=1S/C17H14FNO2/c1-12-10-15(18)6-7-17(12)20-11-13-2-4-14(5-3-13)16-8-9-21-19-16/h2-10H,11H2,1H3. The minimum absolute atomic E-state index is 0.253. The van der Waals surface area contributed by atoms with Crippen LogP contribution in [-0.4, -0.2) is 5.16 Å². The van der Waals surface area contributed by atoms with Gasteiger partial charge in [0.05, 0.1) is 0 Å². The lowest BCUT2D eigenvalue weighted by atomic mass is 10.1. The van der Waals surface area contributed by atoms with Gasteiger partial charge in [-0.2, -0.15) is 0 Å². The molecule has 106 valence electrons. The molecule has 0 N–H and O–H groups in total. The molecule has 0 spiro atoms. The first-order chi connectivity index (χ1) is 10.2. The molecule has 21 heavy (non-hydrogen) atoms. The van der Waals surface area contributed by atoms with Crippen molar-refractivity contribution in [3.8, 4) is 17.0 Å². The number of rotatable bonds is 4. The van der Waals surface area contributed by atoms with E-state index in [0.717, 1.165) is 22.4 Å². The molecule has 0 aliphatic rings. The summed E-state index contributed by atoms with van der Waals surface area (Å²) in [6.45, 7) is 2.26. The van der Waals surface area contributed by atoms with E-state index in [0.29, 0.717) is 12.4 Å². The average molecular weight is 283 g/mol. The number of aryl methyl sites for hydroxylation is 1. The Hall–Kier alpha value is -2.62. The van der Waals surface area contributed by atoms with Gasteiger partial charge in [0.1, 0.15) is 30.1 Å². The minimum atomic E-state index is -0.253. The minimum Gasteiger partial charge on any atom is -0.489 e. The van der Waals surface area contributed by atoms with Crippen molar-refractivity contribution in [3.05, 3.63) is 71.7 Å². The summed E-state index contributed by atoms with van der Waals surface area (Å²) in [4.78, 5) is 0. The van der Waals surface area contributed by atoms with Gasteiger partial charge in [-0.25, -0.2) is 4.39 Å². The molecule has 0 radical (unpaired) electrons. The van der Waals surface area contributed by atoms with Crippen LogP contribution in [0.25, 0.3) is 11.3 Å². The fraction of sp³-hybridized carbons (Fsp3) is 0.118. The Labute approximate surface area is 122 Å². The largest absolute Gasteiger partial charge is 0.489 e. The van der Waals surface area contributed by atoms with Gasteiger partial charge in [0.2, 0.25) is 0 Å². The molecule has 0 amide bonds. The number of benzene rings is 2. The lowest BCUT2D eigenvalue weighted by Crippen LogP contribution is -1.97. The number of aromatic nitrogens is 1. The number of halogens is 1. The summed E-state index contributed by atoms with van der Waals surface area (Å²) in [5.41, 5.74) is 3.61. The molecule has 1 heterocycles. The Balaban J connectivity index is 1.68. The maximum atomic E-state index is 13.0. The van der Waals surface area contributed by atoms with Gasteiger partial charge in [0.15, 0.2) is 0 Å². The molecule has 0 aliphatic carbocycles. The summed E-state index contributed by atoms with van der Waals surface area (Å²) in [6.07, 6.45) is 1.55. The number of hydrogen-bond acceptors (Lipinski definition) is 3. The van der Waals surface area contributed by atoms with Gasteiger partial charge < -0.3 is 9.26 Å². The second-order valence-electron chi connectivity index (χ2n) is 4.78. The smallest absolute Gasteiger partial charge is 0.124 e. The maximum absolute atomic E-state index is 13.0. The van der Waals surface area contributed by atoms with E-state index >= 15 is 0 Å². The third kappa shape index (κ3) is 3.11. The third-order valence-electron chi connectivity index (χ3n) is 3.22. The molecule has 0 fully saturated rings. The molecule has 3 aromatic rings. The third-order valence-corrected chi connectivity index (χ3v) is 3.22. The zero-order valence-electron chi connectivity index (χ0n) is 11.5. The monoisotopic (exact) mass is 283 g/mol. The van der Waals surface area contributed by atoms with E-state index in [4.69, 9.17) is 9.26 Å². The lowest BCUT2D eigenvalue weighted by Gasteiger charge is -2.09. The summed E-state index contributed by atoms with van der Waals surface area (Å²) in [6, 6.07) is 14.2. The van der Waals surface area contributed by atoms with Crippen molar-refractivity contribution in [2.45, 2.75) is 13.5 Å². The molecule has 0 atom stereocenters. The molecule has 0 bridgehead atoms. The van der Waals surface area contributed by atoms with Gasteiger partial charge in [-0.05, 0) is 36.2 Å². The second kappa shape index (κ2) is 5.79. The van der Waals surface area contributed by atoms with Crippen LogP contribution in [0.1, 0.15) is 11.1 Å². The van der Waals surface area contributed by atoms with Crippen LogP contribution in [-0.2, 0) is 6.61 Å². The van der Waals surface area contributed by atoms with Crippen molar-refractivity contribution in [2.75, 3.05) is 0 Å². The molecule has 0 unspecified atom stereocenters. The fourth-order valence-electron chi connectivity index (χ4n) is 2.07. The topological polar surface area (TPSA) is 35.3 Å². The van der Waals surface area contributed by atoms with E-state index in [1.807, 2.05) is 37.3 Å². The van der Waals surface area contributed by atoms with Crippen molar-refractivity contribution < 1.29 is 13.7 Å². The van der Waals surface area contributed by atoms with E-state index in [2.05, 4.69) is 5.16 Å². The second-order valence-corrected chi connectivity index (χ2v) is 4.78. The van der Waals surface area contributed by atoms with Crippen LogP contribution in [0.5, 0.6) is 5.75 Å². The van der Waals surface area contributed by atoms with E-state index in [1.54, 1.807) is 12.3 Å². The quantitative estimate of drug-likeness (QED) is 0.713. The highest BCUT2D eigenvalue weighted by molar-refractivity contribution is 5.58. The molecule has 1 aromatic heterocycles. The van der Waals surface area contributed by atoms with Crippen molar-refractivity contribution >= 4 is 0 Å². The molecule has 0 aliphatic heterocycles. The van der Waals surface area contributed by atoms with Crippen molar-refractivity contribution in [1.82, 2.24) is 5.16 Å². The van der Waals surface area contributed by atoms with Crippen LogP contribution >= 0.6 is 0 Å². The predicted octanol–water partition coefficient (Wildman–Crippen LogP) is 4.37. The molecule has 4 heteroatoms. The number of hydrogen-bond donors (Lipinski definition) is 0. The molecule has 0 saturated heterocycles. The summed E-state index contributed by atoms with van der Waals surface area (Å²) in [5, 5.41) is 3.89. The summed E-state index contributed by atoms with van der Waals surface area (Å²) >= 11 is 0. The van der Waals surface area contributed by atoms with E-state index in [9.17, 15) is 4.39 Å². The molecular formula is C17H14FNO2. The van der Waals surface area contributed by atoms with E-state index < -0.39 is 0 Å². The van der Waals surface area contributed by atoms with Crippen LogP contribution in [0, 0.1) is 12.7 Å². The lowest BCUT2D eigenvalue weighted by molar-refractivity contribution is 0.303. The van der Waals surface area contributed by atoms with Gasteiger partial charge in [-0.15, -0.1) is 0 Å². The summed E-state index contributed by atoms with van der Waals surface area (Å²) in [5.74, 6) is 0.439. The number of nitrogens with zero attached hydrogens (tertiary/aromatic N) is 1. The number of ether oxygens (including phenoxy) is 1. The molecular weight excluding hydrogens is 269 g/mol. The van der Waals surface area contributed by atoms with Crippen LogP contribution in [0.15, 0.2) is 59.3 Å². The Morgan fingerprint density at radius 2 is 1.90 bits per heavy atom. The van der Waals surface area contributed by atoms with Crippen molar-refractivity contribution in [1.29, 1.82) is 0 Å². The van der Waals surface area contributed by atoms with Crippen LogP contribution in [0.4, 0.5) is 4.39 Å². The van der Waals surface area contributed by atoms with Crippen LogP contribution < -0.4 is 4.74 Å². The van der Waals surface area contributed by atoms with E-state index in [-0.39, 0.29) is 5.82 Å². The Bertz CT molecular complexity index is 721. The highest BCUT2D eigenvalue weighted by atomic mass is 19.1. The highest BCUT2D eigenvalue weighted by Crippen LogP contribution is 2.21.